The molecule has 3 atom stereocenters. The van der Waals surface area contributed by atoms with E-state index < -0.39 is 0 Å². The zero-order valence-corrected chi connectivity index (χ0v) is 11.3. The Morgan fingerprint density at radius 2 is 2.06 bits per heavy atom. The van der Waals surface area contributed by atoms with Crippen LogP contribution < -0.4 is 5.73 Å². The molecule has 2 N–H and O–H groups in total. The van der Waals surface area contributed by atoms with Crippen molar-refractivity contribution >= 4 is 0 Å². The van der Waals surface area contributed by atoms with Crippen molar-refractivity contribution in [1.82, 2.24) is 4.90 Å². The molecule has 0 aromatic rings. The largest absolute Gasteiger partial charge is 0.383 e. The summed E-state index contributed by atoms with van der Waals surface area (Å²) in [6.07, 6.45) is 3.69. The zero-order valence-electron chi connectivity index (χ0n) is 11.3. The van der Waals surface area contributed by atoms with Crippen LogP contribution in [0, 0.1) is 5.92 Å². The SMILES string of the molecule is CCC(CN)(COC)N1CC(C)CCC1C. The van der Waals surface area contributed by atoms with E-state index in [1.165, 1.54) is 12.8 Å². The molecule has 0 bridgehead atoms. The summed E-state index contributed by atoms with van der Waals surface area (Å²) in [4.78, 5) is 2.59. The van der Waals surface area contributed by atoms with Gasteiger partial charge in [0, 0.05) is 26.2 Å². The zero-order chi connectivity index (χ0) is 12.2. The Bertz CT molecular complexity index is 204. The standard InChI is InChI=1S/C13H28N2O/c1-5-13(9-14,10-16-4)15-8-11(2)6-7-12(15)3/h11-12H,5-10,14H2,1-4H3. The van der Waals surface area contributed by atoms with Crippen LogP contribution in [0.4, 0.5) is 0 Å². The van der Waals surface area contributed by atoms with Gasteiger partial charge in [0.2, 0.25) is 0 Å². The van der Waals surface area contributed by atoms with E-state index in [1.807, 2.05) is 0 Å². The van der Waals surface area contributed by atoms with Crippen molar-refractivity contribution in [3.63, 3.8) is 0 Å². The van der Waals surface area contributed by atoms with Crippen LogP contribution in [0.2, 0.25) is 0 Å². The van der Waals surface area contributed by atoms with Crippen molar-refractivity contribution < 1.29 is 4.74 Å². The van der Waals surface area contributed by atoms with Gasteiger partial charge in [0.15, 0.2) is 0 Å². The molecule has 1 saturated heterocycles. The van der Waals surface area contributed by atoms with Crippen molar-refractivity contribution in [3.05, 3.63) is 0 Å². The van der Waals surface area contributed by atoms with Crippen LogP contribution in [-0.4, -0.2) is 43.3 Å². The maximum atomic E-state index is 6.02. The highest BCUT2D eigenvalue weighted by Gasteiger charge is 2.39. The summed E-state index contributed by atoms with van der Waals surface area (Å²) in [5.41, 5.74) is 6.07. The van der Waals surface area contributed by atoms with Crippen LogP contribution in [-0.2, 0) is 4.74 Å². The molecule has 0 aromatic carbocycles. The third-order valence-corrected chi connectivity index (χ3v) is 4.18. The van der Waals surface area contributed by atoms with E-state index in [4.69, 9.17) is 10.5 Å². The monoisotopic (exact) mass is 228 g/mol. The average Bonchev–Trinajstić information content (AvgIpc) is 2.30. The van der Waals surface area contributed by atoms with Crippen molar-refractivity contribution in [1.29, 1.82) is 0 Å². The molecule has 1 fully saturated rings. The Morgan fingerprint density at radius 3 is 2.56 bits per heavy atom. The summed E-state index contributed by atoms with van der Waals surface area (Å²) in [6, 6.07) is 0.634. The van der Waals surface area contributed by atoms with Crippen LogP contribution in [0.25, 0.3) is 0 Å². The normalized spacial score (nSPS) is 31.3. The minimum Gasteiger partial charge on any atom is -0.383 e. The Morgan fingerprint density at radius 1 is 1.38 bits per heavy atom. The van der Waals surface area contributed by atoms with Crippen molar-refractivity contribution in [2.75, 3.05) is 26.8 Å². The lowest BCUT2D eigenvalue weighted by molar-refractivity contribution is -0.0372. The molecule has 0 amide bonds. The molecule has 0 aromatic heterocycles. The summed E-state index contributed by atoms with van der Waals surface area (Å²) in [6.45, 7) is 9.48. The predicted molar refractivity (Wildman–Crippen MR) is 68.5 cm³/mol. The molecule has 0 saturated carbocycles. The molecule has 0 spiro atoms. The fraction of sp³-hybridized carbons (Fsp3) is 1.00. The summed E-state index contributed by atoms with van der Waals surface area (Å²) >= 11 is 0. The van der Waals surface area contributed by atoms with Gasteiger partial charge in [-0.25, -0.2) is 0 Å². The fourth-order valence-corrected chi connectivity index (χ4v) is 2.93. The van der Waals surface area contributed by atoms with E-state index in [0.717, 1.165) is 25.5 Å². The minimum absolute atomic E-state index is 0.0445. The number of nitrogens with zero attached hydrogens (tertiary/aromatic N) is 1. The van der Waals surface area contributed by atoms with Crippen molar-refractivity contribution in [2.45, 2.75) is 51.6 Å². The number of methoxy groups -OCH3 is 1. The molecule has 1 aliphatic rings. The van der Waals surface area contributed by atoms with Gasteiger partial charge in [-0.15, -0.1) is 0 Å². The second kappa shape index (κ2) is 5.99. The molecular weight excluding hydrogens is 200 g/mol. The second-order valence-electron chi connectivity index (χ2n) is 5.40. The van der Waals surface area contributed by atoms with Gasteiger partial charge in [0.1, 0.15) is 0 Å². The van der Waals surface area contributed by atoms with E-state index in [1.54, 1.807) is 7.11 Å². The number of likely N-dealkylation sites (tertiary alicyclic amines) is 1. The second-order valence-corrected chi connectivity index (χ2v) is 5.40. The van der Waals surface area contributed by atoms with Crippen molar-refractivity contribution in [3.8, 4) is 0 Å². The smallest absolute Gasteiger partial charge is 0.0659 e. The van der Waals surface area contributed by atoms with E-state index in [-0.39, 0.29) is 5.54 Å². The Balaban J connectivity index is 2.82. The molecule has 3 heteroatoms. The first-order chi connectivity index (χ1) is 7.59. The van der Waals surface area contributed by atoms with Gasteiger partial charge in [0.25, 0.3) is 0 Å². The van der Waals surface area contributed by atoms with E-state index in [9.17, 15) is 0 Å². The van der Waals surface area contributed by atoms with Crippen LogP contribution in [0.15, 0.2) is 0 Å². The van der Waals surface area contributed by atoms with Gasteiger partial charge in [0.05, 0.1) is 12.1 Å². The number of rotatable bonds is 5. The topological polar surface area (TPSA) is 38.5 Å². The quantitative estimate of drug-likeness (QED) is 0.780. The van der Waals surface area contributed by atoms with Gasteiger partial charge in [-0.3, -0.25) is 4.90 Å². The molecule has 3 nitrogen and oxygen atoms in total. The number of nitrogens with two attached hydrogens (primary N) is 1. The van der Waals surface area contributed by atoms with Gasteiger partial charge >= 0.3 is 0 Å². The molecule has 96 valence electrons. The number of ether oxygens (including phenoxy) is 1. The number of hydrogen-bond acceptors (Lipinski definition) is 3. The molecule has 0 radical (unpaired) electrons. The molecule has 0 aliphatic carbocycles. The fourth-order valence-electron chi connectivity index (χ4n) is 2.93. The lowest BCUT2D eigenvalue weighted by Crippen LogP contribution is -2.61. The maximum absolute atomic E-state index is 6.02. The molecule has 3 unspecified atom stereocenters. The maximum Gasteiger partial charge on any atom is 0.0659 e. The van der Waals surface area contributed by atoms with Gasteiger partial charge in [-0.05, 0) is 32.1 Å². The first-order valence-electron chi connectivity index (χ1n) is 6.55. The van der Waals surface area contributed by atoms with Crippen LogP contribution >= 0.6 is 0 Å². The average molecular weight is 228 g/mol. The molecule has 1 aliphatic heterocycles. The van der Waals surface area contributed by atoms with E-state index >= 15 is 0 Å². The van der Waals surface area contributed by atoms with Crippen molar-refractivity contribution in [2.24, 2.45) is 11.7 Å². The number of piperidine rings is 1. The van der Waals surface area contributed by atoms with Crippen LogP contribution in [0.1, 0.15) is 40.0 Å². The molecular formula is C13H28N2O. The number of hydrogen-bond donors (Lipinski definition) is 1. The molecule has 1 rings (SSSR count). The van der Waals surface area contributed by atoms with Gasteiger partial charge < -0.3 is 10.5 Å². The first-order valence-corrected chi connectivity index (χ1v) is 6.55. The molecule has 1 heterocycles. The van der Waals surface area contributed by atoms with Gasteiger partial charge in [-0.1, -0.05) is 13.8 Å². The highest BCUT2D eigenvalue weighted by atomic mass is 16.5. The van der Waals surface area contributed by atoms with Crippen LogP contribution in [0.3, 0.4) is 0 Å². The predicted octanol–water partition coefficient (Wildman–Crippen LogP) is 1.86. The summed E-state index contributed by atoms with van der Waals surface area (Å²) < 4.78 is 5.40. The van der Waals surface area contributed by atoms with E-state index in [0.29, 0.717) is 12.6 Å². The van der Waals surface area contributed by atoms with E-state index in [2.05, 4.69) is 25.7 Å². The highest BCUT2D eigenvalue weighted by Crippen LogP contribution is 2.30. The highest BCUT2D eigenvalue weighted by molar-refractivity contribution is 4.95. The summed E-state index contributed by atoms with van der Waals surface area (Å²) in [7, 11) is 1.78. The van der Waals surface area contributed by atoms with Crippen LogP contribution in [0.5, 0.6) is 0 Å². The lowest BCUT2D eigenvalue weighted by Gasteiger charge is -2.49. The van der Waals surface area contributed by atoms with Gasteiger partial charge in [-0.2, -0.15) is 0 Å². The molecule has 16 heavy (non-hydrogen) atoms. The third kappa shape index (κ3) is 2.76. The first kappa shape index (κ1) is 13.9. The Kier molecular flexibility index (Phi) is 5.22. The minimum atomic E-state index is 0.0445. The lowest BCUT2D eigenvalue weighted by atomic mass is 9.86. The third-order valence-electron chi connectivity index (χ3n) is 4.18. The summed E-state index contributed by atoms with van der Waals surface area (Å²) in [5, 5.41) is 0. The Labute approximate surface area is 100 Å². The Hall–Kier alpha value is -0.120. The summed E-state index contributed by atoms with van der Waals surface area (Å²) in [5.74, 6) is 0.783.